The van der Waals surface area contributed by atoms with E-state index >= 15 is 0 Å². The number of fused-ring (bicyclic) bond motifs is 2. The van der Waals surface area contributed by atoms with Gasteiger partial charge in [-0.05, 0) is 24.6 Å². The topological polar surface area (TPSA) is 29.5 Å². The lowest BCUT2D eigenvalue weighted by molar-refractivity contribution is 0.0747. The first kappa shape index (κ1) is 11.8. The van der Waals surface area contributed by atoms with Crippen molar-refractivity contribution in [2.45, 2.75) is 17.7 Å². The number of hydrogen-bond donors (Lipinski definition) is 0. The number of likely N-dealkylation sites (tertiary alicyclic amines) is 1. The van der Waals surface area contributed by atoms with Gasteiger partial charge in [-0.3, -0.25) is 4.79 Å². The van der Waals surface area contributed by atoms with Crippen LogP contribution in [-0.4, -0.2) is 41.5 Å². The molecule has 2 atom stereocenters. The molecule has 0 spiro atoms. The Morgan fingerprint density at radius 3 is 2.94 bits per heavy atom. The predicted molar refractivity (Wildman–Crippen MR) is 68.6 cm³/mol. The van der Waals surface area contributed by atoms with Gasteiger partial charge in [-0.2, -0.15) is 11.8 Å². The second kappa shape index (κ2) is 4.46. The molecule has 3 nitrogen and oxygen atoms in total. The third-order valence-electron chi connectivity index (χ3n) is 3.56. The highest BCUT2D eigenvalue weighted by Gasteiger charge is 2.41. The molecule has 5 heteroatoms. The zero-order valence-corrected chi connectivity index (χ0v) is 10.9. The summed E-state index contributed by atoms with van der Waals surface area (Å²) in [7, 11) is 1.41. The SMILES string of the molecule is COc1ccc(C(=O)N2CC3CC2CS3)cc1F. The van der Waals surface area contributed by atoms with Gasteiger partial charge in [0.05, 0.1) is 7.11 Å². The molecular formula is C13H14FNO2S. The third kappa shape index (κ3) is 1.86. The minimum absolute atomic E-state index is 0.0654. The number of amides is 1. The highest BCUT2D eigenvalue weighted by atomic mass is 32.2. The van der Waals surface area contributed by atoms with Crippen molar-refractivity contribution in [2.75, 3.05) is 19.4 Å². The number of thioether (sulfide) groups is 1. The Morgan fingerprint density at radius 1 is 1.56 bits per heavy atom. The van der Waals surface area contributed by atoms with Gasteiger partial charge in [0.25, 0.3) is 5.91 Å². The van der Waals surface area contributed by atoms with Crippen LogP contribution in [0.3, 0.4) is 0 Å². The summed E-state index contributed by atoms with van der Waals surface area (Å²) >= 11 is 1.93. The van der Waals surface area contributed by atoms with Gasteiger partial charge in [0.2, 0.25) is 0 Å². The van der Waals surface area contributed by atoms with Crippen molar-refractivity contribution in [3.63, 3.8) is 0 Å². The standard InChI is InChI=1S/C13H14FNO2S/c1-17-12-3-2-8(4-11(12)14)13(16)15-6-10-5-9(15)7-18-10/h2-4,9-10H,5-7H2,1H3. The van der Waals surface area contributed by atoms with E-state index in [1.807, 2.05) is 16.7 Å². The van der Waals surface area contributed by atoms with Gasteiger partial charge >= 0.3 is 0 Å². The normalized spacial score (nSPS) is 25.6. The summed E-state index contributed by atoms with van der Waals surface area (Å²) in [5.41, 5.74) is 0.408. The van der Waals surface area contributed by atoms with Gasteiger partial charge in [-0.1, -0.05) is 0 Å². The zero-order chi connectivity index (χ0) is 12.7. The van der Waals surface area contributed by atoms with Crippen molar-refractivity contribution in [3.05, 3.63) is 29.6 Å². The average Bonchev–Trinajstić information content (AvgIpc) is 3.00. The van der Waals surface area contributed by atoms with Crippen molar-refractivity contribution in [1.82, 2.24) is 4.90 Å². The van der Waals surface area contributed by atoms with E-state index in [-0.39, 0.29) is 11.7 Å². The van der Waals surface area contributed by atoms with Crippen LogP contribution in [0.4, 0.5) is 4.39 Å². The number of ether oxygens (including phenoxy) is 1. The lowest BCUT2D eigenvalue weighted by Crippen LogP contribution is -2.39. The van der Waals surface area contributed by atoms with Crippen molar-refractivity contribution in [2.24, 2.45) is 0 Å². The second-order valence-electron chi connectivity index (χ2n) is 4.65. The maximum absolute atomic E-state index is 13.6. The van der Waals surface area contributed by atoms with E-state index < -0.39 is 5.82 Å². The second-order valence-corrected chi connectivity index (χ2v) is 5.99. The maximum Gasteiger partial charge on any atom is 0.254 e. The Bertz CT molecular complexity index is 494. The van der Waals surface area contributed by atoms with E-state index in [1.54, 1.807) is 6.07 Å². The van der Waals surface area contributed by atoms with E-state index in [4.69, 9.17) is 4.74 Å². The number of carbonyl (C=O) groups is 1. The highest BCUT2D eigenvalue weighted by molar-refractivity contribution is 8.00. The molecule has 0 saturated carbocycles. The summed E-state index contributed by atoms with van der Waals surface area (Å²) < 4.78 is 18.4. The number of halogens is 1. The molecule has 2 heterocycles. The molecule has 96 valence electrons. The highest BCUT2D eigenvalue weighted by Crippen LogP contribution is 2.38. The molecule has 2 saturated heterocycles. The fourth-order valence-electron chi connectivity index (χ4n) is 2.61. The summed E-state index contributed by atoms with van der Waals surface area (Å²) in [4.78, 5) is 14.2. The van der Waals surface area contributed by atoms with Crippen LogP contribution in [-0.2, 0) is 0 Å². The average molecular weight is 267 g/mol. The zero-order valence-electron chi connectivity index (χ0n) is 10.1. The maximum atomic E-state index is 13.6. The summed E-state index contributed by atoms with van der Waals surface area (Å²) in [5, 5.41) is 0.571. The smallest absolute Gasteiger partial charge is 0.254 e. The summed E-state index contributed by atoms with van der Waals surface area (Å²) in [6.07, 6.45) is 1.08. The predicted octanol–water partition coefficient (Wildman–Crippen LogP) is 2.16. The first-order valence-corrected chi connectivity index (χ1v) is 7.00. The van der Waals surface area contributed by atoms with Crippen LogP contribution >= 0.6 is 11.8 Å². The lowest BCUT2D eigenvalue weighted by Gasteiger charge is -2.26. The Hall–Kier alpha value is -1.23. The molecule has 1 aromatic carbocycles. The van der Waals surface area contributed by atoms with E-state index in [1.165, 1.54) is 19.2 Å². The van der Waals surface area contributed by atoms with Gasteiger partial charge in [-0.25, -0.2) is 4.39 Å². The van der Waals surface area contributed by atoms with Crippen LogP contribution in [0.25, 0.3) is 0 Å². The van der Waals surface area contributed by atoms with E-state index in [0.717, 1.165) is 18.7 Å². The first-order valence-electron chi connectivity index (χ1n) is 5.95. The molecule has 2 fully saturated rings. The van der Waals surface area contributed by atoms with Crippen LogP contribution in [0.5, 0.6) is 5.75 Å². The van der Waals surface area contributed by atoms with Crippen molar-refractivity contribution in [3.8, 4) is 5.75 Å². The van der Waals surface area contributed by atoms with E-state index in [0.29, 0.717) is 16.9 Å². The minimum Gasteiger partial charge on any atom is -0.494 e. The molecule has 0 N–H and O–H groups in total. The van der Waals surface area contributed by atoms with Crippen LogP contribution in [0, 0.1) is 5.82 Å². The quantitative estimate of drug-likeness (QED) is 0.822. The van der Waals surface area contributed by atoms with Crippen LogP contribution < -0.4 is 4.74 Å². The molecule has 0 aromatic heterocycles. The fraction of sp³-hybridized carbons (Fsp3) is 0.462. The third-order valence-corrected chi connectivity index (χ3v) is 4.95. The summed E-state index contributed by atoms with van der Waals surface area (Å²) in [6, 6.07) is 4.73. The Balaban J connectivity index is 1.82. The molecule has 1 amide bonds. The van der Waals surface area contributed by atoms with Gasteiger partial charge in [-0.15, -0.1) is 0 Å². The Kier molecular flexibility index (Phi) is 2.93. The van der Waals surface area contributed by atoms with Gasteiger partial charge < -0.3 is 9.64 Å². The molecule has 2 unspecified atom stereocenters. The number of carbonyl (C=O) groups excluding carboxylic acids is 1. The van der Waals surface area contributed by atoms with Crippen molar-refractivity contribution < 1.29 is 13.9 Å². The molecule has 2 bridgehead atoms. The lowest BCUT2D eigenvalue weighted by atomic mass is 10.1. The van der Waals surface area contributed by atoms with E-state index in [2.05, 4.69) is 0 Å². The van der Waals surface area contributed by atoms with Gasteiger partial charge in [0, 0.05) is 29.2 Å². The molecular weight excluding hydrogens is 253 g/mol. The summed E-state index contributed by atoms with van der Waals surface area (Å²) in [6.45, 7) is 0.793. The van der Waals surface area contributed by atoms with Gasteiger partial charge in [0.1, 0.15) is 0 Å². The molecule has 0 radical (unpaired) electrons. The number of rotatable bonds is 2. The monoisotopic (exact) mass is 267 g/mol. The number of methoxy groups -OCH3 is 1. The summed E-state index contributed by atoms with van der Waals surface area (Å²) in [5.74, 6) is 0.631. The molecule has 3 rings (SSSR count). The Morgan fingerprint density at radius 2 is 2.39 bits per heavy atom. The van der Waals surface area contributed by atoms with Crippen molar-refractivity contribution >= 4 is 17.7 Å². The number of hydrogen-bond acceptors (Lipinski definition) is 3. The first-order chi connectivity index (χ1) is 8.69. The van der Waals surface area contributed by atoms with Crippen LogP contribution in [0.1, 0.15) is 16.8 Å². The van der Waals surface area contributed by atoms with Crippen molar-refractivity contribution in [1.29, 1.82) is 0 Å². The largest absolute Gasteiger partial charge is 0.494 e. The molecule has 2 aliphatic heterocycles. The van der Waals surface area contributed by atoms with Crippen LogP contribution in [0.2, 0.25) is 0 Å². The number of nitrogens with zero attached hydrogens (tertiary/aromatic N) is 1. The molecule has 2 aliphatic rings. The molecule has 18 heavy (non-hydrogen) atoms. The minimum atomic E-state index is -0.484. The molecule has 0 aliphatic carbocycles. The van der Waals surface area contributed by atoms with Crippen LogP contribution in [0.15, 0.2) is 18.2 Å². The molecule has 1 aromatic rings. The van der Waals surface area contributed by atoms with E-state index in [9.17, 15) is 9.18 Å². The van der Waals surface area contributed by atoms with Gasteiger partial charge in [0.15, 0.2) is 11.6 Å². The number of benzene rings is 1. The Labute approximate surface area is 109 Å². The fourth-order valence-corrected chi connectivity index (χ4v) is 4.05.